The van der Waals surface area contributed by atoms with Gasteiger partial charge in [0, 0.05) is 11.6 Å². The second kappa shape index (κ2) is 5.12. The summed E-state index contributed by atoms with van der Waals surface area (Å²) in [5, 5.41) is 12.7. The van der Waals surface area contributed by atoms with E-state index in [1.807, 2.05) is 0 Å². The van der Waals surface area contributed by atoms with Crippen LogP contribution in [0.15, 0.2) is 24.3 Å². The third-order valence-corrected chi connectivity index (χ3v) is 2.70. The number of hydrogen-bond donors (Lipinski definition) is 2. The standard InChI is InChI=1S/C12H11F4N3O/c13-11-7(2-1-3-8(11)12(14,15)16)9-6-10(17)19(18-9)4-5-20/h1-3,6,20H,4-5,17H2. The van der Waals surface area contributed by atoms with Crippen molar-refractivity contribution in [1.29, 1.82) is 0 Å². The van der Waals surface area contributed by atoms with Gasteiger partial charge in [-0.3, -0.25) is 0 Å². The molecule has 0 radical (unpaired) electrons. The molecule has 1 aromatic heterocycles. The Morgan fingerprint density at radius 1 is 1.30 bits per heavy atom. The molecule has 0 bridgehead atoms. The number of aromatic nitrogens is 2. The topological polar surface area (TPSA) is 64.1 Å². The molecule has 4 nitrogen and oxygen atoms in total. The summed E-state index contributed by atoms with van der Waals surface area (Å²) in [6.07, 6.45) is -4.78. The van der Waals surface area contributed by atoms with Crippen LogP contribution in [0.4, 0.5) is 23.4 Å². The molecule has 0 saturated carbocycles. The van der Waals surface area contributed by atoms with Gasteiger partial charge in [-0.25, -0.2) is 9.07 Å². The average molecular weight is 289 g/mol. The number of aliphatic hydroxyl groups is 1. The number of anilines is 1. The maximum atomic E-state index is 13.9. The van der Waals surface area contributed by atoms with E-state index in [1.54, 1.807) is 0 Å². The molecule has 0 aliphatic rings. The van der Waals surface area contributed by atoms with Crippen LogP contribution in [0.5, 0.6) is 0 Å². The first kappa shape index (κ1) is 14.3. The summed E-state index contributed by atoms with van der Waals surface area (Å²) in [4.78, 5) is 0. The van der Waals surface area contributed by atoms with Crippen LogP contribution in [0, 0.1) is 5.82 Å². The number of benzene rings is 1. The highest BCUT2D eigenvalue weighted by atomic mass is 19.4. The molecule has 8 heteroatoms. The minimum Gasteiger partial charge on any atom is -0.394 e. The van der Waals surface area contributed by atoms with Gasteiger partial charge in [-0.1, -0.05) is 6.07 Å². The van der Waals surface area contributed by atoms with Gasteiger partial charge < -0.3 is 10.8 Å². The average Bonchev–Trinajstić information content (AvgIpc) is 2.70. The summed E-state index contributed by atoms with van der Waals surface area (Å²) < 4.78 is 53.0. The monoisotopic (exact) mass is 289 g/mol. The summed E-state index contributed by atoms with van der Waals surface area (Å²) in [6, 6.07) is 4.21. The fraction of sp³-hybridized carbons (Fsp3) is 0.250. The molecular formula is C12H11F4N3O. The van der Waals surface area contributed by atoms with E-state index < -0.39 is 17.6 Å². The van der Waals surface area contributed by atoms with E-state index in [9.17, 15) is 17.6 Å². The van der Waals surface area contributed by atoms with Crippen LogP contribution in [-0.4, -0.2) is 21.5 Å². The van der Waals surface area contributed by atoms with E-state index in [0.717, 1.165) is 6.07 Å². The van der Waals surface area contributed by atoms with Gasteiger partial charge in [0.15, 0.2) is 0 Å². The Morgan fingerprint density at radius 3 is 2.60 bits per heavy atom. The Bertz CT molecular complexity index is 622. The van der Waals surface area contributed by atoms with E-state index in [2.05, 4.69) is 5.10 Å². The number of alkyl halides is 3. The van der Waals surface area contributed by atoms with Gasteiger partial charge in [0.1, 0.15) is 11.6 Å². The smallest absolute Gasteiger partial charge is 0.394 e. The lowest BCUT2D eigenvalue weighted by molar-refractivity contribution is -0.139. The molecule has 20 heavy (non-hydrogen) atoms. The number of nitrogen functional groups attached to an aromatic ring is 1. The fourth-order valence-corrected chi connectivity index (χ4v) is 1.79. The fourth-order valence-electron chi connectivity index (χ4n) is 1.79. The molecule has 0 aliphatic heterocycles. The van der Waals surface area contributed by atoms with Crippen LogP contribution in [-0.2, 0) is 12.7 Å². The number of aliphatic hydroxyl groups excluding tert-OH is 1. The predicted molar refractivity (Wildman–Crippen MR) is 64.1 cm³/mol. The third kappa shape index (κ3) is 2.60. The van der Waals surface area contributed by atoms with E-state index in [-0.39, 0.29) is 30.2 Å². The number of halogens is 4. The molecule has 2 rings (SSSR count). The predicted octanol–water partition coefficient (Wildman–Crippen LogP) is 2.28. The van der Waals surface area contributed by atoms with Crippen molar-refractivity contribution < 1.29 is 22.7 Å². The Labute approximate surface area is 111 Å². The molecule has 0 aliphatic carbocycles. The number of rotatable bonds is 3. The molecule has 108 valence electrons. The molecule has 1 aromatic carbocycles. The third-order valence-electron chi connectivity index (χ3n) is 2.70. The first-order valence-electron chi connectivity index (χ1n) is 5.65. The molecule has 0 spiro atoms. The second-order valence-corrected chi connectivity index (χ2v) is 4.07. The van der Waals surface area contributed by atoms with E-state index in [0.29, 0.717) is 6.07 Å². The van der Waals surface area contributed by atoms with Gasteiger partial charge in [0.05, 0.1) is 24.4 Å². The van der Waals surface area contributed by atoms with Gasteiger partial charge in [-0.15, -0.1) is 0 Å². The lowest BCUT2D eigenvalue weighted by atomic mass is 10.1. The number of hydrogen-bond acceptors (Lipinski definition) is 3. The minimum atomic E-state index is -4.78. The van der Waals surface area contributed by atoms with Crippen molar-refractivity contribution in [2.24, 2.45) is 0 Å². The van der Waals surface area contributed by atoms with Gasteiger partial charge in [0.2, 0.25) is 0 Å². The van der Waals surface area contributed by atoms with Crippen LogP contribution < -0.4 is 5.73 Å². The first-order chi connectivity index (χ1) is 9.34. The minimum absolute atomic E-state index is 0.0143. The largest absolute Gasteiger partial charge is 0.419 e. The van der Waals surface area contributed by atoms with Crippen molar-refractivity contribution in [1.82, 2.24) is 9.78 Å². The van der Waals surface area contributed by atoms with E-state index in [1.165, 1.54) is 16.8 Å². The summed E-state index contributed by atoms with van der Waals surface area (Å²) in [5.41, 5.74) is 3.92. The molecule has 1 heterocycles. The highest BCUT2D eigenvalue weighted by molar-refractivity contribution is 5.64. The molecule has 0 atom stereocenters. The van der Waals surface area contributed by atoms with Crippen LogP contribution in [0.2, 0.25) is 0 Å². The summed E-state index contributed by atoms with van der Waals surface area (Å²) in [7, 11) is 0. The zero-order valence-corrected chi connectivity index (χ0v) is 10.2. The molecule has 0 unspecified atom stereocenters. The number of nitrogens with zero attached hydrogens (tertiary/aromatic N) is 2. The van der Waals surface area contributed by atoms with Crippen molar-refractivity contribution in [2.45, 2.75) is 12.7 Å². The maximum absolute atomic E-state index is 13.9. The Morgan fingerprint density at radius 2 is 2.00 bits per heavy atom. The van der Waals surface area contributed by atoms with E-state index in [4.69, 9.17) is 10.8 Å². The van der Waals surface area contributed by atoms with Gasteiger partial charge >= 0.3 is 6.18 Å². The first-order valence-corrected chi connectivity index (χ1v) is 5.65. The van der Waals surface area contributed by atoms with Crippen molar-refractivity contribution in [3.05, 3.63) is 35.6 Å². The molecule has 3 N–H and O–H groups in total. The van der Waals surface area contributed by atoms with Crippen molar-refractivity contribution >= 4 is 5.82 Å². The van der Waals surface area contributed by atoms with Crippen molar-refractivity contribution in [3.63, 3.8) is 0 Å². The molecule has 0 amide bonds. The van der Waals surface area contributed by atoms with Gasteiger partial charge in [-0.2, -0.15) is 18.3 Å². The quantitative estimate of drug-likeness (QED) is 0.852. The molecule has 0 fully saturated rings. The summed E-state index contributed by atoms with van der Waals surface area (Å²) in [5.74, 6) is -1.26. The Kier molecular flexibility index (Phi) is 3.67. The normalized spacial score (nSPS) is 11.8. The zero-order valence-electron chi connectivity index (χ0n) is 10.2. The van der Waals surface area contributed by atoms with Gasteiger partial charge in [0.25, 0.3) is 0 Å². The SMILES string of the molecule is Nc1cc(-c2cccc(C(F)(F)F)c2F)nn1CCO. The number of nitrogens with two attached hydrogens (primary N) is 1. The van der Waals surface area contributed by atoms with E-state index >= 15 is 0 Å². The molecule has 2 aromatic rings. The lowest BCUT2D eigenvalue weighted by Crippen LogP contribution is -2.09. The van der Waals surface area contributed by atoms with Crippen LogP contribution in [0.3, 0.4) is 0 Å². The highest BCUT2D eigenvalue weighted by Gasteiger charge is 2.35. The Hall–Kier alpha value is -2.09. The van der Waals surface area contributed by atoms with Crippen LogP contribution in [0.25, 0.3) is 11.3 Å². The molecular weight excluding hydrogens is 278 g/mol. The summed E-state index contributed by atoms with van der Waals surface area (Å²) >= 11 is 0. The Balaban J connectivity index is 2.51. The summed E-state index contributed by atoms with van der Waals surface area (Å²) in [6.45, 7) is -0.164. The van der Waals surface area contributed by atoms with Crippen molar-refractivity contribution in [3.8, 4) is 11.3 Å². The van der Waals surface area contributed by atoms with Gasteiger partial charge in [-0.05, 0) is 12.1 Å². The van der Waals surface area contributed by atoms with Crippen LogP contribution >= 0.6 is 0 Å². The van der Waals surface area contributed by atoms with Crippen molar-refractivity contribution in [2.75, 3.05) is 12.3 Å². The lowest BCUT2D eigenvalue weighted by Gasteiger charge is -2.09. The van der Waals surface area contributed by atoms with Crippen LogP contribution in [0.1, 0.15) is 5.56 Å². The zero-order chi connectivity index (χ0) is 14.9. The maximum Gasteiger partial charge on any atom is 0.419 e. The molecule has 0 saturated heterocycles. The second-order valence-electron chi connectivity index (χ2n) is 4.07. The highest BCUT2D eigenvalue weighted by Crippen LogP contribution is 2.35.